The molecule has 1 heterocycles. The Bertz CT molecular complexity index is 490. The van der Waals surface area contributed by atoms with E-state index in [1.807, 2.05) is 0 Å². The molecule has 1 saturated carbocycles. The van der Waals surface area contributed by atoms with Gasteiger partial charge in [-0.05, 0) is 53.0 Å². The Labute approximate surface area is 132 Å². The van der Waals surface area contributed by atoms with Crippen LogP contribution in [-0.2, 0) is 0 Å². The van der Waals surface area contributed by atoms with E-state index in [1.165, 1.54) is 19.3 Å². The number of thiocarbonyl (C=S) groups is 1. The van der Waals surface area contributed by atoms with Gasteiger partial charge in [0.05, 0.1) is 0 Å². The van der Waals surface area contributed by atoms with E-state index in [0.29, 0.717) is 22.8 Å². The SMILES string of the molecule is C[C@H]1CCCC[C@H]1NC(=S)NNC(=O)c1cc(Br)c[nH]1. The third-order valence-electron chi connectivity index (χ3n) is 3.61. The van der Waals surface area contributed by atoms with Crippen molar-refractivity contribution in [1.82, 2.24) is 21.2 Å². The van der Waals surface area contributed by atoms with Crippen molar-refractivity contribution >= 4 is 39.2 Å². The summed E-state index contributed by atoms with van der Waals surface area (Å²) in [4.78, 5) is 14.7. The van der Waals surface area contributed by atoms with Crippen LogP contribution in [0.2, 0.25) is 0 Å². The molecular weight excluding hydrogens is 340 g/mol. The van der Waals surface area contributed by atoms with Crippen LogP contribution in [0, 0.1) is 5.92 Å². The second kappa shape index (κ2) is 7.08. The maximum Gasteiger partial charge on any atom is 0.286 e. The number of aromatic amines is 1. The normalized spacial score (nSPS) is 22.1. The predicted octanol–water partition coefficient (Wildman–Crippen LogP) is 2.46. The molecule has 4 N–H and O–H groups in total. The third kappa shape index (κ3) is 4.21. The third-order valence-corrected chi connectivity index (χ3v) is 4.29. The summed E-state index contributed by atoms with van der Waals surface area (Å²) in [5.74, 6) is 0.357. The minimum Gasteiger partial charge on any atom is -0.358 e. The smallest absolute Gasteiger partial charge is 0.286 e. The van der Waals surface area contributed by atoms with Gasteiger partial charge in [-0.1, -0.05) is 19.8 Å². The van der Waals surface area contributed by atoms with E-state index in [4.69, 9.17) is 12.2 Å². The number of carbonyl (C=O) groups excluding carboxylic acids is 1. The summed E-state index contributed by atoms with van der Waals surface area (Å²) in [5, 5.41) is 3.73. The Hall–Kier alpha value is -1.08. The number of H-pyrrole nitrogens is 1. The first-order valence-electron chi connectivity index (χ1n) is 6.77. The van der Waals surface area contributed by atoms with Crippen LogP contribution in [0.5, 0.6) is 0 Å². The average Bonchev–Trinajstić information content (AvgIpc) is 2.85. The maximum absolute atomic E-state index is 11.8. The summed E-state index contributed by atoms with van der Waals surface area (Å²) in [5.41, 5.74) is 5.79. The Balaban J connectivity index is 1.76. The van der Waals surface area contributed by atoms with Gasteiger partial charge in [-0.2, -0.15) is 0 Å². The van der Waals surface area contributed by atoms with E-state index in [-0.39, 0.29) is 5.91 Å². The molecule has 0 bridgehead atoms. The fourth-order valence-corrected chi connectivity index (χ4v) is 2.96. The van der Waals surface area contributed by atoms with Crippen LogP contribution in [0.1, 0.15) is 43.1 Å². The highest BCUT2D eigenvalue weighted by Gasteiger charge is 2.21. The van der Waals surface area contributed by atoms with Crippen LogP contribution >= 0.6 is 28.1 Å². The Kier molecular flexibility index (Phi) is 5.42. The molecule has 1 amide bonds. The number of rotatable bonds is 2. The molecule has 1 aromatic rings. The van der Waals surface area contributed by atoms with E-state index >= 15 is 0 Å². The van der Waals surface area contributed by atoms with Crippen LogP contribution in [0.25, 0.3) is 0 Å². The van der Waals surface area contributed by atoms with Gasteiger partial charge in [-0.15, -0.1) is 0 Å². The number of hydrazine groups is 1. The van der Waals surface area contributed by atoms with E-state index in [1.54, 1.807) is 12.3 Å². The molecule has 1 aromatic heterocycles. The van der Waals surface area contributed by atoms with Crippen molar-refractivity contribution < 1.29 is 4.79 Å². The Morgan fingerprint density at radius 1 is 1.40 bits per heavy atom. The van der Waals surface area contributed by atoms with Crippen molar-refractivity contribution in [1.29, 1.82) is 0 Å². The van der Waals surface area contributed by atoms with Gasteiger partial charge in [-0.3, -0.25) is 15.6 Å². The molecule has 2 rings (SSSR count). The minimum absolute atomic E-state index is 0.253. The average molecular weight is 359 g/mol. The lowest BCUT2D eigenvalue weighted by Crippen LogP contribution is -2.51. The van der Waals surface area contributed by atoms with Crippen LogP contribution < -0.4 is 16.2 Å². The standard InChI is InChI=1S/C13H19BrN4OS/c1-8-4-2-3-5-10(8)16-13(20)18-17-12(19)11-6-9(14)7-15-11/h6-8,10,15H,2-5H2,1H3,(H,17,19)(H2,16,18,20)/t8-,10+/m0/s1. The fraction of sp³-hybridized carbons (Fsp3) is 0.538. The summed E-state index contributed by atoms with van der Waals surface area (Å²) in [6, 6.07) is 2.09. The summed E-state index contributed by atoms with van der Waals surface area (Å²) in [6.45, 7) is 2.23. The highest BCUT2D eigenvalue weighted by Crippen LogP contribution is 2.23. The zero-order chi connectivity index (χ0) is 14.5. The second-order valence-corrected chi connectivity index (χ2v) is 6.48. The van der Waals surface area contributed by atoms with Crippen LogP contribution in [0.3, 0.4) is 0 Å². The van der Waals surface area contributed by atoms with Crippen LogP contribution in [0.4, 0.5) is 0 Å². The van der Waals surface area contributed by atoms with E-state index < -0.39 is 0 Å². The molecule has 1 aliphatic carbocycles. The van der Waals surface area contributed by atoms with Gasteiger partial charge in [0.1, 0.15) is 5.69 Å². The summed E-state index contributed by atoms with van der Waals surface area (Å²) in [6.07, 6.45) is 6.57. The molecule has 110 valence electrons. The molecule has 2 atom stereocenters. The fourth-order valence-electron chi connectivity index (χ4n) is 2.42. The number of amides is 1. The van der Waals surface area contributed by atoms with Crippen molar-refractivity contribution in [3.8, 4) is 0 Å². The zero-order valence-electron chi connectivity index (χ0n) is 11.3. The van der Waals surface area contributed by atoms with Crippen molar-refractivity contribution in [2.75, 3.05) is 0 Å². The summed E-state index contributed by atoms with van der Waals surface area (Å²) in [7, 11) is 0. The first kappa shape index (κ1) is 15.3. The van der Waals surface area contributed by atoms with Crippen molar-refractivity contribution in [2.45, 2.75) is 38.6 Å². The quantitative estimate of drug-likeness (QED) is 0.484. The summed E-state index contributed by atoms with van der Waals surface area (Å²) >= 11 is 8.49. The molecule has 0 saturated heterocycles. The molecule has 0 spiro atoms. The lowest BCUT2D eigenvalue weighted by molar-refractivity contribution is 0.0939. The lowest BCUT2D eigenvalue weighted by atomic mass is 9.86. The zero-order valence-corrected chi connectivity index (χ0v) is 13.7. The molecule has 5 nitrogen and oxygen atoms in total. The van der Waals surface area contributed by atoms with E-state index in [9.17, 15) is 4.79 Å². The molecule has 1 fully saturated rings. The highest BCUT2D eigenvalue weighted by atomic mass is 79.9. The monoisotopic (exact) mass is 358 g/mol. The van der Waals surface area contributed by atoms with Gasteiger partial charge in [0.25, 0.3) is 5.91 Å². The van der Waals surface area contributed by atoms with Gasteiger partial charge in [0.15, 0.2) is 5.11 Å². The lowest BCUT2D eigenvalue weighted by Gasteiger charge is -2.30. The topological polar surface area (TPSA) is 68.9 Å². The number of nitrogens with one attached hydrogen (secondary N) is 4. The first-order chi connectivity index (χ1) is 9.56. The molecule has 0 aromatic carbocycles. The molecule has 7 heteroatoms. The minimum atomic E-state index is -0.253. The first-order valence-corrected chi connectivity index (χ1v) is 7.97. The number of carbonyl (C=O) groups is 1. The Morgan fingerprint density at radius 2 is 2.15 bits per heavy atom. The van der Waals surface area contributed by atoms with Gasteiger partial charge < -0.3 is 10.3 Å². The number of hydrogen-bond acceptors (Lipinski definition) is 2. The van der Waals surface area contributed by atoms with Crippen molar-refractivity contribution in [3.05, 3.63) is 22.4 Å². The van der Waals surface area contributed by atoms with E-state index in [2.05, 4.69) is 44.0 Å². The van der Waals surface area contributed by atoms with Crippen molar-refractivity contribution in [2.24, 2.45) is 5.92 Å². The van der Waals surface area contributed by atoms with Gasteiger partial charge in [0.2, 0.25) is 0 Å². The molecule has 20 heavy (non-hydrogen) atoms. The predicted molar refractivity (Wildman–Crippen MR) is 86.2 cm³/mol. The molecule has 0 radical (unpaired) electrons. The second-order valence-electron chi connectivity index (χ2n) is 5.15. The van der Waals surface area contributed by atoms with Crippen LogP contribution in [0.15, 0.2) is 16.7 Å². The summed E-state index contributed by atoms with van der Waals surface area (Å²) < 4.78 is 0.833. The largest absolute Gasteiger partial charge is 0.358 e. The number of hydrogen-bond donors (Lipinski definition) is 4. The number of halogens is 1. The maximum atomic E-state index is 11.8. The van der Waals surface area contributed by atoms with Gasteiger partial charge >= 0.3 is 0 Å². The molecule has 0 unspecified atom stereocenters. The van der Waals surface area contributed by atoms with Crippen LogP contribution in [-0.4, -0.2) is 22.0 Å². The Morgan fingerprint density at radius 3 is 2.80 bits per heavy atom. The highest BCUT2D eigenvalue weighted by molar-refractivity contribution is 9.10. The van der Waals surface area contributed by atoms with E-state index in [0.717, 1.165) is 10.9 Å². The molecule has 1 aliphatic rings. The van der Waals surface area contributed by atoms with Gasteiger partial charge in [0, 0.05) is 16.7 Å². The number of aromatic nitrogens is 1. The van der Waals surface area contributed by atoms with Gasteiger partial charge in [-0.25, -0.2) is 0 Å². The molecule has 0 aliphatic heterocycles. The van der Waals surface area contributed by atoms with Crippen molar-refractivity contribution in [3.63, 3.8) is 0 Å². The molecular formula is C13H19BrN4OS.